The van der Waals surface area contributed by atoms with Crippen molar-refractivity contribution in [2.75, 3.05) is 26.4 Å². The van der Waals surface area contributed by atoms with Crippen LogP contribution in [-0.4, -0.2) is 97.5 Å². The molecular weight excluding hydrogens is 957 g/mol. The lowest BCUT2D eigenvalue weighted by atomic mass is 9.99. The van der Waals surface area contributed by atoms with Crippen molar-refractivity contribution < 1.29 is 56.2 Å². The van der Waals surface area contributed by atoms with E-state index in [1.165, 1.54) is 64.2 Å². The Morgan fingerprint density at radius 3 is 1.36 bits per heavy atom. The van der Waals surface area contributed by atoms with Gasteiger partial charge in [0.25, 0.3) is 0 Å². The fraction of sp³-hybridized carbons (Fsp3) is 0.656. The minimum atomic E-state index is -5.08. The second-order valence-electron chi connectivity index (χ2n) is 18.8. The first-order valence-electron chi connectivity index (χ1n) is 28.3. The molecule has 0 aromatic carbocycles. The number of hydrogen-bond donors (Lipinski definition) is 4. The van der Waals surface area contributed by atoms with Gasteiger partial charge in [0, 0.05) is 13.0 Å². The van der Waals surface area contributed by atoms with E-state index in [1.807, 2.05) is 0 Å². The standard InChI is InChI=1S/C61H100O12S/c1-3-5-7-9-11-13-15-17-19-21-23-25-27-29-31-33-35-37-39-41-43-45-47-49-51-69-53-55(54-70-61-59(65)60(73-74(66,67)68)58(64)56(52-62)72-61)71-57(63)50-48-46-44-42-40-38-36-34-32-30-28-26-24-22-20-18-16-14-12-10-8-6-4-2/h5,7,11,13,16-19,22-25,28-31,35,37,41,43,55-56,58-62,64-65H,3-4,6,8-10,12,14-15,20-21,26-27,32-34,36,38-40,42,44-54H2,1-2H3,(H,66,67,68)/b7-5-,13-11-,18-16-,19-17-,24-22-,25-23-,30-28-,31-29-,37-35-,43-41-. The van der Waals surface area contributed by atoms with Gasteiger partial charge in [-0.25, -0.2) is 4.18 Å². The number of rotatable bonds is 48. The highest BCUT2D eigenvalue weighted by Crippen LogP contribution is 2.26. The fourth-order valence-electron chi connectivity index (χ4n) is 7.84. The largest absolute Gasteiger partial charge is 0.457 e. The Morgan fingerprint density at radius 2 is 0.932 bits per heavy atom. The van der Waals surface area contributed by atoms with Crippen molar-refractivity contribution in [2.45, 2.75) is 230 Å². The number of esters is 1. The van der Waals surface area contributed by atoms with Crippen molar-refractivity contribution in [3.63, 3.8) is 0 Å². The van der Waals surface area contributed by atoms with E-state index in [0.717, 1.165) is 103 Å². The zero-order valence-corrected chi connectivity index (χ0v) is 46.4. The SMILES string of the molecule is CC/C=C\C/C=C\C/C=C\C/C=C\C/C=C\C/C=C\C/C=C\CCCCOCC(COC1OC(CO)C(O)C(OS(=O)(=O)O)C1O)OC(=O)CCCCCCCCCC/C=C\C/C=C\C/C=C\CCCCCCC. The summed E-state index contributed by atoms with van der Waals surface area (Å²) in [5.41, 5.74) is 0. The average molecular weight is 1060 g/mol. The number of ether oxygens (including phenoxy) is 4. The number of hydrogen-bond acceptors (Lipinski definition) is 11. The number of allylic oxidation sites excluding steroid dienone is 20. The molecule has 0 amide bonds. The molecule has 1 heterocycles. The highest BCUT2D eigenvalue weighted by Gasteiger charge is 2.48. The van der Waals surface area contributed by atoms with Gasteiger partial charge in [-0.05, 0) is 109 Å². The Labute approximate surface area is 449 Å². The summed E-state index contributed by atoms with van der Waals surface area (Å²) in [7, 11) is -5.08. The molecule has 6 unspecified atom stereocenters. The molecule has 1 aliphatic heterocycles. The summed E-state index contributed by atoms with van der Waals surface area (Å²) >= 11 is 0. The molecule has 13 heteroatoms. The second kappa shape index (κ2) is 50.3. The first-order chi connectivity index (χ1) is 36.1. The van der Waals surface area contributed by atoms with Crippen molar-refractivity contribution >= 4 is 16.4 Å². The van der Waals surface area contributed by atoms with E-state index in [-0.39, 0.29) is 19.6 Å². The van der Waals surface area contributed by atoms with Gasteiger partial charge in [0.05, 0.1) is 19.8 Å². The zero-order valence-electron chi connectivity index (χ0n) is 45.6. The molecule has 0 radical (unpaired) electrons. The van der Waals surface area contributed by atoms with Crippen LogP contribution >= 0.6 is 0 Å². The van der Waals surface area contributed by atoms with Gasteiger partial charge < -0.3 is 34.3 Å². The van der Waals surface area contributed by atoms with Crippen LogP contribution in [0, 0.1) is 0 Å². The first kappa shape index (κ1) is 68.5. The Balaban J connectivity index is 2.38. The van der Waals surface area contributed by atoms with Crippen LogP contribution in [0.15, 0.2) is 122 Å². The molecule has 0 saturated carbocycles. The number of aliphatic hydroxyl groups is 3. The van der Waals surface area contributed by atoms with Gasteiger partial charge >= 0.3 is 16.4 Å². The Bertz CT molecular complexity index is 1740. The van der Waals surface area contributed by atoms with E-state index >= 15 is 0 Å². The molecule has 0 aliphatic carbocycles. The van der Waals surface area contributed by atoms with Crippen LogP contribution in [-0.2, 0) is 38.3 Å². The van der Waals surface area contributed by atoms with Gasteiger partial charge in [-0.1, -0.05) is 200 Å². The lowest BCUT2D eigenvalue weighted by Crippen LogP contribution is -2.60. The summed E-state index contributed by atoms with van der Waals surface area (Å²) in [6, 6.07) is 0. The van der Waals surface area contributed by atoms with Gasteiger partial charge in [0.15, 0.2) is 6.29 Å². The Hall–Kier alpha value is -3.50. The lowest BCUT2D eigenvalue weighted by molar-refractivity contribution is -0.301. The molecule has 6 atom stereocenters. The highest BCUT2D eigenvalue weighted by atomic mass is 32.3. The molecule has 4 N–H and O–H groups in total. The number of aliphatic hydroxyl groups excluding tert-OH is 3. The zero-order chi connectivity index (χ0) is 53.8. The van der Waals surface area contributed by atoms with Crippen LogP contribution in [0.2, 0.25) is 0 Å². The van der Waals surface area contributed by atoms with Crippen molar-refractivity contribution in [3.05, 3.63) is 122 Å². The Morgan fingerprint density at radius 1 is 0.527 bits per heavy atom. The quantitative estimate of drug-likeness (QED) is 0.0196. The molecule has 0 bridgehead atoms. The topological polar surface area (TPSA) is 178 Å². The van der Waals surface area contributed by atoms with Crippen LogP contribution in [0.1, 0.15) is 194 Å². The van der Waals surface area contributed by atoms with Crippen LogP contribution < -0.4 is 0 Å². The van der Waals surface area contributed by atoms with E-state index in [1.54, 1.807) is 0 Å². The molecule has 0 aromatic rings. The molecule has 12 nitrogen and oxygen atoms in total. The molecule has 422 valence electrons. The monoisotopic (exact) mass is 1060 g/mol. The van der Waals surface area contributed by atoms with Crippen molar-refractivity contribution in [2.24, 2.45) is 0 Å². The summed E-state index contributed by atoms with van der Waals surface area (Å²) in [6.07, 6.45) is 63.7. The van der Waals surface area contributed by atoms with Gasteiger partial charge in [-0.2, -0.15) is 8.42 Å². The van der Waals surface area contributed by atoms with Crippen molar-refractivity contribution in [3.8, 4) is 0 Å². The third-order valence-corrected chi connectivity index (χ3v) is 12.5. The van der Waals surface area contributed by atoms with Gasteiger partial charge in [-0.15, -0.1) is 0 Å². The maximum absolute atomic E-state index is 13.0. The van der Waals surface area contributed by atoms with Crippen LogP contribution in [0.4, 0.5) is 0 Å². The van der Waals surface area contributed by atoms with Gasteiger partial charge in [-0.3, -0.25) is 9.35 Å². The molecule has 1 aliphatic rings. The third-order valence-electron chi connectivity index (χ3n) is 12.1. The molecule has 1 rings (SSSR count). The molecule has 1 fully saturated rings. The highest BCUT2D eigenvalue weighted by molar-refractivity contribution is 7.80. The summed E-state index contributed by atoms with van der Waals surface area (Å²) in [4.78, 5) is 13.0. The summed E-state index contributed by atoms with van der Waals surface area (Å²) in [5.74, 6) is -0.426. The van der Waals surface area contributed by atoms with E-state index in [0.29, 0.717) is 13.0 Å². The van der Waals surface area contributed by atoms with Gasteiger partial charge in [0.2, 0.25) is 0 Å². The van der Waals surface area contributed by atoms with Crippen molar-refractivity contribution in [1.82, 2.24) is 0 Å². The number of unbranched alkanes of at least 4 members (excludes halogenated alkanes) is 15. The molecule has 74 heavy (non-hydrogen) atoms. The predicted molar refractivity (Wildman–Crippen MR) is 303 cm³/mol. The maximum Gasteiger partial charge on any atom is 0.397 e. The molecule has 1 saturated heterocycles. The van der Waals surface area contributed by atoms with E-state index in [2.05, 4.69) is 140 Å². The average Bonchev–Trinajstić information content (AvgIpc) is 3.38. The number of carbonyl (C=O) groups is 1. The Kier molecular flexibility index (Phi) is 46.6. The lowest BCUT2D eigenvalue weighted by Gasteiger charge is -2.41. The third kappa shape index (κ3) is 42.7. The minimum Gasteiger partial charge on any atom is -0.457 e. The number of carbonyl (C=O) groups excluding carboxylic acids is 1. The molecular formula is C61H100O12S. The summed E-state index contributed by atoms with van der Waals surface area (Å²) in [5, 5.41) is 30.8. The second-order valence-corrected chi connectivity index (χ2v) is 19.8. The van der Waals surface area contributed by atoms with Crippen LogP contribution in [0.3, 0.4) is 0 Å². The van der Waals surface area contributed by atoms with Crippen LogP contribution in [0.25, 0.3) is 0 Å². The smallest absolute Gasteiger partial charge is 0.397 e. The van der Waals surface area contributed by atoms with Crippen LogP contribution in [0.5, 0.6) is 0 Å². The summed E-state index contributed by atoms with van der Waals surface area (Å²) < 4.78 is 59.3. The summed E-state index contributed by atoms with van der Waals surface area (Å²) in [6.45, 7) is 3.74. The maximum atomic E-state index is 13.0. The normalized spacial score (nSPS) is 19.7. The fourth-order valence-corrected chi connectivity index (χ4v) is 8.34. The van der Waals surface area contributed by atoms with Crippen molar-refractivity contribution in [1.29, 1.82) is 0 Å². The van der Waals surface area contributed by atoms with E-state index in [9.17, 15) is 33.1 Å². The van der Waals surface area contributed by atoms with Gasteiger partial charge in [0.1, 0.15) is 30.5 Å². The van der Waals surface area contributed by atoms with E-state index in [4.69, 9.17) is 18.9 Å². The predicted octanol–water partition coefficient (Wildman–Crippen LogP) is 14.1. The molecule has 0 aromatic heterocycles. The minimum absolute atomic E-state index is 0.00582. The van der Waals surface area contributed by atoms with E-state index < -0.39 is 59.8 Å². The first-order valence-corrected chi connectivity index (χ1v) is 29.7. The molecule has 0 spiro atoms.